The molecule has 1 atom stereocenters. The van der Waals surface area contributed by atoms with E-state index in [1.54, 1.807) is 0 Å². The van der Waals surface area contributed by atoms with Crippen molar-refractivity contribution in [2.75, 3.05) is 0 Å². The molecule has 0 radical (unpaired) electrons. The first-order chi connectivity index (χ1) is 7.20. The van der Waals surface area contributed by atoms with E-state index in [1.807, 2.05) is 0 Å². The van der Waals surface area contributed by atoms with Gasteiger partial charge in [-0.3, -0.25) is 0 Å². The molecule has 0 aliphatic rings. The summed E-state index contributed by atoms with van der Waals surface area (Å²) in [6, 6.07) is 3.41. The average molecular weight is 210 g/mol. The molecular formula is C10H8F2N2O. The predicted molar refractivity (Wildman–Crippen MR) is 49.0 cm³/mol. The molecule has 3 nitrogen and oxygen atoms in total. The molecule has 2 aromatic rings. The largest absolute Gasteiger partial charge is 0.380 e. The summed E-state index contributed by atoms with van der Waals surface area (Å²) in [5, 5.41) is 9.67. The monoisotopic (exact) mass is 210 g/mol. The molecule has 1 unspecified atom stereocenters. The summed E-state index contributed by atoms with van der Waals surface area (Å²) in [5.74, 6) is -1.48. The molecule has 0 fully saturated rings. The van der Waals surface area contributed by atoms with Crippen LogP contribution in [-0.2, 0) is 0 Å². The van der Waals surface area contributed by atoms with E-state index in [9.17, 15) is 13.9 Å². The number of aliphatic hydroxyl groups excluding tert-OH is 1. The van der Waals surface area contributed by atoms with E-state index in [-0.39, 0.29) is 5.82 Å². The van der Waals surface area contributed by atoms with Crippen LogP contribution in [0.1, 0.15) is 17.5 Å². The number of hydrogen-bond acceptors (Lipinski definition) is 2. The van der Waals surface area contributed by atoms with Crippen LogP contribution in [0.25, 0.3) is 0 Å². The summed E-state index contributed by atoms with van der Waals surface area (Å²) in [6.45, 7) is 0. The second-order valence-electron chi connectivity index (χ2n) is 3.01. The number of hydrogen-bond donors (Lipinski definition) is 2. The van der Waals surface area contributed by atoms with E-state index in [2.05, 4.69) is 9.97 Å². The van der Waals surface area contributed by atoms with E-state index in [1.165, 1.54) is 18.5 Å². The molecule has 1 aromatic heterocycles. The number of imidazole rings is 1. The van der Waals surface area contributed by atoms with Crippen LogP contribution in [0.4, 0.5) is 8.78 Å². The minimum atomic E-state index is -1.42. The minimum absolute atomic E-state index is 0.110. The van der Waals surface area contributed by atoms with Crippen molar-refractivity contribution in [1.82, 2.24) is 9.97 Å². The first-order valence-corrected chi connectivity index (χ1v) is 4.31. The van der Waals surface area contributed by atoms with Crippen molar-refractivity contribution >= 4 is 0 Å². The first kappa shape index (κ1) is 9.79. The fraction of sp³-hybridized carbons (Fsp3) is 0.100. The number of benzene rings is 1. The number of rotatable bonds is 2. The minimum Gasteiger partial charge on any atom is -0.380 e. The van der Waals surface area contributed by atoms with Crippen LogP contribution in [-0.4, -0.2) is 15.1 Å². The van der Waals surface area contributed by atoms with Gasteiger partial charge in [0, 0.05) is 12.4 Å². The van der Waals surface area contributed by atoms with Crippen LogP contribution < -0.4 is 0 Å². The van der Waals surface area contributed by atoms with Gasteiger partial charge < -0.3 is 10.1 Å². The molecule has 0 bridgehead atoms. The molecular weight excluding hydrogens is 202 g/mol. The van der Waals surface area contributed by atoms with Crippen LogP contribution in [0.5, 0.6) is 0 Å². The Morgan fingerprint density at radius 1 is 1.27 bits per heavy atom. The summed E-state index contributed by atoms with van der Waals surface area (Å²) in [6.07, 6.45) is 1.45. The van der Waals surface area contributed by atoms with Crippen molar-refractivity contribution in [3.63, 3.8) is 0 Å². The summed E-state index contributed by atoms with van der Waals surface area (Å²) in [5.41, 5.74) is -0.396. The summed E-state index contributed by atoms with van der Waals surface area (Å²) < 4.78 is 26.5. The van der Waals surface area contributed by atoms with Gasteiger partial charge in [-0.15, -0.1) is 0 Å². The summed E-state index contributed by atoms with van der Waals surface area (Å²) >= 11 is 0. The molecule has 15 heavy (non-hydrogen) atoms. The molecule has 0 aliphatic carbocycles. The third-order valence-electron chi connectivity index (χ3n) is 2.05. The zero-order valence-electron chi connectivity index (χ0n) is 7.61. The lowest BCUT2D eigenvalue weighted by Gasteiger charge is -2.09. The highest BCUT2D eigenvalue weighted by molar-refractivity contribution is 5.26. The quantitative estimate of drug-likeness (QED) is 0.793. The third-order valence-corrected chi connectivity index (χ3v) is 2.05. The molecule has 1 aromatic carbocycles. The van der Waals surface area contributed by atoms with Gasteiger partial charge in [0.05, 0.1) is 5.56 Å². The zero-order valence-corrected chi connectivity index (χ0v) is 7.61. The number of nitrogens with zero attached hydrogens (tertiary/aromatic N) is 1. The number of aliphatic hydroxyl groups is 1. The molecule has 0 aliphatic heterocycles. The van der Waals surface area contributed by atoms with Gasteiger partial charge >= 0.3 is 0 Å². The van der Waals surface area contributed by atoms with Crippen molar-refractivity contribution in [2.45, 2.75) is 6.10 Å². The van der Waals surface area contributed by atoms with Gasteiger partial charge in [0.25, 0.3) is 0 Å². The van der Waals surface area contributed by atoms with Crippen molar-refractivity contribution in [3.8, 4) is 0 Å². The van der Waals surface area contributed by atoms with E-state index in [0.29, 0.717) is 0 Å². The zero-order chi connectivity index (χ0) is 10.8. The average Bonchev–Trinajstić information content (AvgIpc) is 2.69. The lowest BCUT2D eigenvalue weighted by molar-refractivity contribution is 0.200. The van der Waals surface area contributed by atoms with Crippen molar-refractivity contribution in [2.24, 2.45) is 0 Å². The SMILES string of the molecule is OC(c1ncc[nH]1)c1c(F)cccc1F. The number of nitrogens with one attached hydrogen (secondary N) is 1. The van der Waals surface area contributed by atoms with Crippen molar-refractivity contribution in [3.05, 3.63) is 53.6 Å². The van der Waals surface area contributed by atoms with Crippen LogP contribution >= 0.6 is 0 Å². The molecule has 5 heteroatoms. The molecule has 2 N–H and O–H groups in total. The summed E-state index contributed by atoms with van der Waals surface area (Å²) in [4.78, 5) is 6.33. The van der Waals surface area contributed by atoms with Gasteiger partial charge in [-0.25, -0.2) is 13.8 Å². The van der Waals surface area contributed by atoms with E-state index in [4.69, 9.17) is 0 Å². The molecule has 0 spiro atoms. The predicted octanol–water partition coefficient (Wildman–Crippen LogP) is 1.77. The maximum Gasteiger partial charge on any atom is 0.142 e. The molecule has 2 rings (SSSR count). The Bertz CT molecular complexity index is 436. The highest BCUT2D eigenvalue weighted by Gasteiger charge is 2.20. The van der Waals surface area contributed by atoms with Crippen LogP contribution in [0.15, 0.2) is 30.6 Å². The Morgan fingerprint density at radius 3 is 2.47 bits per heavy atom. The normalized spacial score (nSPS) is 12.7. The third kappa shape index (κ3) is 1.73. The van der Waals surface area contributed by atoms with Gasteiger partial charge in [-0.1, -0.05) is 6.07 Å². The second-order valence-corrected chi connectivity index (χ2v) is 3.01. The Hall–Kier alpha value is -1.75. The molecule has 0 saturated heterocycles. The highest BCUT2D eigenvalue weighted by atomic mass is 19.1. The van der Waals surface area contributed by atoms with Gasteiger partial charge in [0.2, 0.25) is 0 Å². The Morgan fingerprint density at radius 2 is 1.93 bits per heavy atom. The molecule has 0 saturated carbocycles. The Kier molecular flexibility index (Phi) is 2.47. The second kappa shape index (κ2) is 3.78. The standard InChI is InChI=1S/C10H8F2N2O/c11-6-2-1-3-7(12)8(6)9(15)10-13-4-5-14-10/h1-5,9,15H,(H,13,14). The summed E-state index contributed by atoms with van der Waals surface area (Å²) in [7, 11) is 0. The number of aromatic amines is 1. The lowest BCUT2D eigenvalue weighted by atomic mass is 10.1. The number of halogens is 2. The van der Waals surface area contributed by atoms with Gasteiger partial charge in [0.15, 0.2) is 0 Å². The molecule has 1 heterocycles. The Balaban J connectivity index is 2.46. The number of aromatic nitrogens is 2. The van der Waals surface area contributed by atoms with E-state index < -0.39 is 23.3 Å². The lowest BCUT2D eigenvalue weighted by Crippen LogP contribution is -2.07. The maximum absolute atomic E-state index is 13.3. The first-order valence-electron chi connectivity index (χ1n) is 4.31. The highest BCUT2D eigenvalue weighted by Crippen LogP contribution is 2.24. The smallest absolute Gasteiger partial charge is 0.142 e. The maximum atomic E-state index is 13.3. The number of H-pyrrole nitrogens is 1. The van der Waals surface area contributed by atoms with E-state index in [0.717, 1.165) is 12.1 Å². The van der Waals surface area contributed by atoms with Crippen LogP contribution in [0.3, 0.4) is 0 Å². The Labute approximate surface area is 84.4 Å². The van der Waals surface area contributed by atoms with E-state index >= 15 is 0 Å². The molecule has 78 valence electrons. The van der Waals surface area contributed by atoms with Crippen LogP contribution in [0, 0.1) is 11.6 Å². The van der Waals surface area contributed by atoms with Gasteiger partial charge in [0.1, 0.15) is 23.6 Å². The topological polar surface area (TPSA) is 48.9 Å². The van der Waals surface area contributed by atoms with Crippen LogP contribution in [0.2, 0.25) is 0 Å². The van der Waals surface area contributed by atoms with Crippen molar-refractivity contribution < 1.29 is 13.9 Å². The van der Waals surface area contributed by atoms with Gasteiger partial charge in [-0.2, -0.15) is 0 Å². The fourth-order valence-electron chi connectivity index (χ4n) is 1.34. The fourth-order valence-corrected chi connectivity index (χ4v) is 1.34. The van der Waals surface area contributed by atoms with Gasteiger partial charge in [-0.05, 0) is 12.1 Å². The molecule has 0 amide bonds. The van der Waals surface area contributed by atoms with Crippen molar-refractivity contribution in [1.29, 1.82) is 0 Å².